The van der Waals surface area contributed by atoms with Crippen molar-refractivity contribution >= 4 is 17.2 Å². The monoisotopic (exact) mass is 349 g/mol. The van der Waals surface area contributed by atoms with E-state index in [9.17, 15) is 5.26 Å². The molecule has 0 aliphatic heterocycles. The van der Waals surface area contributed by atoms with Crippen molar-refractivity contribution in [2.75, 3.05) is 5.43 Å². The molecule has 134 valence electrons. The number of oxime groups is 1. The number of anilines is 1. The highest BCUT2D eigenvalue weighted by atomic mass is 16.6. The molecule has 6 nitrogen and oxygen atoms in total. The fraction of sp³-hybridized carbons (Fsp3) is 0.300. The molecule has 2 rings (SSSR count). The van der Waals surface area contributed by atoms with Crippen LogP contribution in [0.5, 0.6) is 0 Å². The molecule has 0 atom stereocenters. The molecule has 0 amide bonds. The van der Waals surface area contributed by atoms with Crippen LogP contribution in [0.1, 0.15) is 44.4 Å². The van der Waals surface area contributed by atoms with E-state index in [1.165, 1.54) is 0 Å². The fourth-order valence-corrected chi connectivity index (χ4v) is 2.16. The van der Waals surface area contributed by atoms with Crippen LogP contribution < -0.4 is 5.43 Å². The molecule has 26 heavy (non-hydrogen) atoms. The van der Waals surface area contributed by atoms with Gasteiger partial charge in [0.1, 0.15) is 11.9 Å². The lowest BCUT2D eigenvalue weighted by molar-refractivity contribution is 0.128. The number of nitrogens with one attached hydrogen (secondary N) is 1. The quantitative estimate of drug-likeness (QED) is 0.533. The first-order chi connectivity index (χ1) is 12.7. The first-order valence-electron chi connectivity index (χ1n) is 8.63. The van der Waals surface area contributed by atoms with Crippen molar-refractivity contribution in [1.29, 1.82) is 5.26 Å². The van der Waals surface area contributed by atoms with Gasteiger partial charge < -0.3 is 4.84 Å². The smallest absolute Gasteiger partial charge is 0.186 e. The highest BCUT2D eigenvalue weighted by Gasteiger charge is 2.03. The average molecular weight is 349 g/mol. The molecule has 6 heteroatoms. The Balaban J connectivity index is 1.94. The van der Waals surface area contributed by atoms with Gasteiger partial charge in [0.05, 0.1) is 5.69 Å². The van der Waals surface area contributed by atoms with E-state index in [0.717, 1.165) is 30.5 Å². The fourth-order valence-electron chi connectivity index (χ4n) is 2.16. The maximum absolute atomic E-state index is 9.20. The second-order valence-corrected chi connectivity index (χ2v) is 5.77. The third-order valence-electron chi connectivity index (χ3n) is 3.58. The molecule has 0 saturated heterocycles. The molecule has 0 spiro atoms. The molecule has 0 aliphatic rings. The van der Waals surface area contributed by atoms with E-state index >= 15 is 0 Å². The summed E-state index contributed by atoms with van der Waals surface area (Å²) in [4.78, 5) is 9.73. The summed E-state index contributed by atoms with van der Waals surface area (Å²) in [6, 6.07) is 16.8. The number of rotatable bonds is 9. The number of aromatic nitrogens is 1. The third kappa shape index (κ3) is 6.36. The Morgan fingerprint density at radius 3 is 2.73 bits per heavy atom. The number of hydrogen-bond acceptors (Lipinski definition) is 6. The van der Waals surface area contributed by atoms with Crippen molar-refractivity contribution in [3.63, 3.8) is 0 Å². The third-order valence-corrected chi connectivity index (χ3v) is 3.58. The zero-order valence-electron chi connectivity index (χ0n) is 15.1. The van der Waals surface area contributed by atoms with Crippen molar-refractivity contribution in [2.45, 2.75) is 39.7 Å². The van der Waals surface area contributed by atoms with Crippen LogP contribution in [-0.4, -0.2) is 16.4 Å². The Hall–Kier alpha value is -3.20. The summed E-state index contributed by atoms with van der Waals surface area (Å²) in [6.07, 6.45) is 3.24. The Morgan fingerprint density at radius 2 is 2.00 bits per heavy atom. The Kier molecular flexibility index (Phi) is 7.81. The van der Waals surface area contributed by atoms with E-state index in [0.29, 0.717) is 11.5 Å². The van der Waals surface area contributed by atoms with E-state index in [1.54, 1.807) is 0 Å². The van der Waals surface area contributed by atoms with E-state index in [2.05, 4.69) is 27.6 Å². The van der Waals surface area contributed by atoms with Crippen LogP contribution in [0, 0.1) is 11.3 Å². The number of benzene rings is 1. The molecule has 2 aromatic rings. The van der Waals surface area contributed by atoms with E-state index in [-0.39, 0.29) is 12.3 Å². The van der Waals surface area contributed by atoms with Crippen LogP contribution in [0.2, 0.25) is 0 Å². The first kappa shape index (κ1) is 19.1. The summed E-state index contributed by atoms with van der Waals surface area (Å²) < 4.78 is 0. The Labute approximate surface area is 154 Å². The molecule has 0 radical (unpaired) electrons. The Morgan fingerprint density at radius 1 is 1.19 bits per heavy atom. The number of nitriles is 1. The van der Waals surface area contributed by atoms with E-state index in [4.69, 9.17) is 4.84 Å². The van der Waals surface area contributed by atoms with Crippen molar-refractivity contribution in [2.24, 2.45) is 10.3 Å². The minimum atomic E-state index is 0.173. The van der Waals surface area contributed by atoms with Crippen molar-refractivity contribution < 1.29 is 4.84 Å². The summed E-state index contributed by atoms with van der Waals surface area (Å²) in [5, 5.41) is 17.4. The zero-order chi connectivity index (χ0) is 18.6. The second kappa shape index (κ2) is 10.6. The highest BCUT2D eigenvalue weighted by molar-refractivity contribution is 6.11. The predicted octanol–water partition coefficient (Wildman–Crippen LogP) is 4.50. The highest BCUT2D eigenvalue weighted by Crippen LogP contribution is 2.08. The molecule has 0 unspecified atom stereocenters. The summed E-state index contributed by atoms with van der Waals surface area (Å²) in [5.74, 6) is 0.648. The lowest BCUT2D eigenvalue weighted by Crippen LogP contribution is -2.02. The number of hydrazone groups is 1. The lowest BCUT2D eigenvalue weighted by Gasteiger charge is -2.05. The van der Waals surface area contributed by atoms with Gasteiger partial charge in [0.15, 0.2) is 12.3 Å². The normalized spacial score (nSPS) is 11.7. The summed E-state index contributed by atoms with van der Waals surface area (Å²) >= 11 is 0. The molecule has 0 saturated carbocycles. The molecular weight excluding hydrogens is 326 g/mol. The number of nitrogens with zero attached hydrogens (tertiary/aromatic N) is 4. The minimum absolute atomic E-state index is 0.173. The minimum Gasteiger partial charge on any atom is -0.388 e. The first-order valence-corrected chi connectivity index (χ1v) is 8.63. The van der Waals surface area contributed by atoms with Crippen molar-refractivity contribution in [3.8, 4) is 6.07 Å². The van der Waals surface area contributed by atoms with Gasteiger partial charge in [-0.25, -0.2) is 4.98 Å². The molecular formula is C20H23N5O. The zero-order valence-corrected chi connectivity index (χ0v) is 15.1. The predicted molar refractivity (Wildman–Crippen MR) is 104 cm³/mol. The maximum atomic E-state index is 9.20. The lowest BCUT2D eigenvalue weighted by atomic mass is 10.1. The maximum Gasteiger partial charge on any atom is 0.186 e. The van der Waals surface area contributed by atoms with Crippen LogP contribution in [0.15, 0.2) is 58.8 Å². The van der Waals surface area contributed by atoms with E-state index < -0.39 is 0 Å². The number of unbranched alkanes of at least 4 members (excludes halogenated alkanes) is 1. The van der Waals surface area contributed by atoms with Crippen molar-refractivity contribution in [1.82, 2.24) is 4.98 Å². The largest absolute Gasteiger partial charge is 0.388 e. The van der Waals surface area contributed by atoms with Crippen molar-refractivity contribution in [3.05, 3.63) is 59.8 Å². The van der Waals surface area contributed by atoms with Gasteiger partial charge in [-0.1, -0.05) is 54.9 Å². The number of hydrogen-bond donors (Lipinski definition) is 1. The molecule has 0 aliphatic carbocycles. The van der Waals surface area contributed by atoms with Gasteiger partial charge in [0.25, 0.3) is 0 Å². The van der Waals surface area contributed by atoms with Crippen LogP contribution in [0.4, 0.5) is 5.82 Å². The second-order valence-electron chi connectivity index (χ2n) is 5.77. The topological polar surface area (TPSA) is 82.7 Å². The Bertz CT molecular complexity index is 793. The van der Waals surface area contributed by atoms with Gasteiger partial charge in [-0.3, -0.25) is 5.43 Å². The standard InChI is InChI=1S/C20H23N5O/c1-3-4-9-16(2)23-24-20-13-8-12-18(22-20)15-26-25-19(14-21)17-10-6-5-7-11-17/h5-8,10-13H,3-4,9,15H2,1-2H3,(H,22,24)/b23-16-,25-19-. The molecule has 1 aromatic heterocycles. The molecule has 1 heterocycles. The summed E-state index contributed by atoms with van der Waals surface area (Å²) in [7, 11) is 0. The van der Waals surface area contributed by atoms with E-state index in [1.807, 2.05) is 61.5 Å². The van der Waals surface area contributed by atoms with Crippen LogP contribution in [-0.2, 0) is 11.4 Å². The van der Waals surface area contributed by atoms with Gasteiger partial charge in [-0.05, 0) is 31.9 Å². The average Bonchev–Trinajstić information content (AvgIpc) is 2.69. The van der Waals surface area contributed by atoms with Crippen LogP contribution in [0.3, 0.4) is 0 Å². The number of pyridine rings is 1. The molecule has 1 aromatic carbocycles. The summed E-state index contributed by atoms with van der Waals surface area (Å²) in [6.45, 7) is 4.33. The van der Waals surface area contributed by atoms with Gasteiger partial charge in [-0.15, -0.1) is 0 Å². The SMILES string of the molecule is CCCC/C(C)=N\Nc1cccc(CO/N=C(/C#N)c2ccccc2)n1. The van der Waals surface area contributed by atoms with Gasteiger partial charge in [-0.2, -0.15) is 10.4 Å². The molecule has 0 fully saturated rings. The van der Waals surface area contributed by atoms with Crippen LogP contribution in [0.25, 0.3) is 0 Å². The molecule has 1 N–H and O–H groups in total. The van der Waals surface area contributed by atoms with Gasteiger partial charge in [0, 0.05) is 11.3 Å². The molecule has 0 bridgehead atoms. The van der Waals surface area contributed by atoms with Gasteiger partial charge in [0.2, 0.25) is 0 Å². The van der Waals surface area contributed by atoms with Crippen LogP contribution >= 0.6 is 0 Å². The summed E-state index contributed by atoms with van der Waals surface area (Å²) in [5.41, 5.74) is 5.66. The van der Waals surface area contributed by atoms with Gasteiger partial charge >= 0.3 is 0 Å².